The number of halogens is 1. The van der Waals surface area contributed by atoms with Crippen LogP contribution >= 0.6 is 11.6 Å². The number of ether oxygens (including phenoxy) is 1. The van der Waals surface area contributed by atoms with Crippen LogP contribution in [-0.2, 0) is 16.6 Å². The Labute approximate surface area is 252 Å². The van der Waals surface area contributed by atoms with E-state index in [1.54, 1.807) is 30.3 Å². The molecule has 5 rings (SSSR count). The topological polar surface area (TPSA) is 70.2 Å². The number of benzene rings is 4. The first-order chi connectivity index (χ1) is 20.3. The molecule has 0 radical (unpaired) electrons. The normalized spacial score (nSPS) is 14.4. The molecule has 0 bridgehead atoms. The lowest BCUT2D eigenvalue weighted by atomic mass is 9.96. The molecule has 218 valence electrons. The van der Waals surface area contributed by atoms with Crippen LogP contribution in [0, 0.1) is 0 Å². The summed E-state index contributed by atoms with van der Waals surface area (Å²) in [6.45, 7) is 2.66. The first-order valence-corrected chi connectivity index (χ1v) is 15.6. The number of methoxy groups -OCH3 is 1. The summed E-state index contributed by atoms with van der Waals surface area (Å²) in [7, 11) is -0.737. The number of amides is 1. The molecule has 9 heteroatoms. The monoisotopic (exact) mass is 603 g/mol. The summed E-state index contributed by atoms with van der Waals surface area (Å²) >= 11 is 5.94. The Morgan fingerprint density at radius 2 is 1.43 bits per heavy atom. The van der Waals surface area contributed by atoms with E-state index in [0.717, 1.165) is 13.1 Å². The highest BCUT2D eigenvalue weighted by Gasteiger charge is 2.29. The SMILES string of the molecule is COc1ccc(C(=O)N2CCN(C(c3ccccc3)c3ccccc3)CC2)cc1CN(C)S(=O)(=O)c1ccc(Cl)cc1. The average Bonchev–Trinajstić information content (AvgIpc) is 3.02. The van der Waals surface area contributed by atoms with Crippen LogP contribution in [0.15, 0.2) is 108 Å². The van der Waals surface area contributed by atoms with Gasteiger partial charge in [-0.3, -0.25) is 9.69 Å². The molecule has 0 aromatic heterocycles. The summed E-state index contributed by atoms with van der Waals surface area (Å²) in [5, 5.41) is 0.459. The molecular weight excluding hydrogens is 570 g/mol. The Morgan fingerprint density at radius 3 is 1.98 bits per heavy atom. The van der Waals surface area contributed by atoms with Gasteiger partial charge in [0.25, 0.3) is 5.91 Å². The summed E-state index contributed by atoms with van der Waals surface area (Å²) in [4.78, 5) is 18.1. The third-order valence-electron chi connectivity index (χ3n) is 7.64. The zero-order chi connectivity index (χ0) is 29.7. The zero-order valence-corrected chi connectivity index (χ0v) is 25.3. The van der Waals surface area contributed by atoms with E-state index >= 15 is 0 Å². The van der Waals surface area contributed by atoms with Crippen molar-refractivity contribution < 1.29 is 17.9 Å². The van der Waals surface area contributed by atoms with Crippen LogP contribution in [0.25, 0.3) is 0 Å². The molecular formula is C33H34ClN3O4S. The molecule has 4 aromatic carbocycles. The molecule has 0 atom stereocenters. The van der Waals surface area contributed by atoms with Crippen LogP contribution < -0.4 is 4.74 Å². The van der Waals surface area contributed by atoms with Gasteiger partial charge in [-0.25, -0.2) is 8.42 Å². The molecule has 1 aliphatic rings. The molecule has 1 aliphatic heterocycles. The Bertz CT molecular complexity index is 1570. The highest BCUT2D eigenvalue weighted by molar-refractivity contribution is 7.89. The fourth-order valence-electron chi connectivity index (χ4n) is 5.40. The third kappa shape index (κ3) is 6.52. The van der Waals surface area contributed by atoms with Gasteiger partial charge in [0.05, 0.1) is 18.0 Å². The van der Waals surface area contributed by atoms with Crippen molar-refractivity contribution in [3.63, 3.8) is 0 Å². The standard InChI is InChI=1S/C33H34ClN3O4S/c1-35(42(39,40)30-16-14-29(34)15-17-30)24-28-23-27(13-18-31(28)41-2)33(38)37-21-19-36(20-22-37)32(25-9-5-3-6-10-25)26-11-7-4-8-12-26/h3-18,23,32H,19-22,24H2,1-2H3. The number of piperazine rings is 1. The summed E-state index contributed by atoms with van der Waals surface area (Å²) in [5.74, 6) is 0.431. The lowest BCUT2D eigenvalue weighted by molar-refractivity contribution is 0.0597. The minimum absolute atomic E-state index is 0.0405. The Morgan fingerprint density at radius 1 is 0.857 bits per heavy atom. The molecule has 4 aromatic rings. The molecule has 42 heavy (non-hydrogen) atoms. The van der Waals surface area contributed by atoms with Gasteiger partial charge in [0.15, 0.2) is 0 Å². The number of carbonyl (C=O) groups is 1. The molecule has 0 N–H and O–H groups in total. The molecule has 0 unspecified atom stereocenters. The van der Waals surface area contributed by atoms with Crippen LogP contribution in [0.5, 0.6) is 5.75 Å². The predicted molar refractivity (Wildman–Crippen MR) is 165 cm³/mol. The van der Waals surface area contributed by atoms with E-state index in [0.29, 0.717) is 35.0 Å². The first kappa shape index (κ1) is 29.8. The molecule has 1 saturated heterocycles. The van der Waals surface area contributed by atoms with E-state index in [9.17, 15) is 13.2 Å². The summed E-state index contributed by atoms with van der Waals surface area (Å²) < 4.78 is 33.1. The maximum Gasteiger partial charge on any atom is 0.253 e. The van der Waals surface area contributed by atoms with Gasteiger partial charge in [0.1, 0.15) is 5.75 Å². The van der Waals surface area contributed by atoms with Crippen molar-refractivity contribution in [3.05, 3.63) is 130 Å². The average molecular weight is 604 g/mol. The molecule has 1 fully saturated rings. The van der Waals surface area contributed by atoms with Crippen molar-refractivity contribution in [1.82, 2.24) is 14.1 Å². The van der Waals surface area contributed by atoms with Crippen molar-refractivity contribution >= 4 is 27.5 Å². The van der Waals surface area contributed by atoms with Gasteiger partial charge < -0.3 is 9.64 Å². The highest BCUT2D eigenvalue weighted by Crippen LogP contribution is 2.30. The number of hydrogen-bond acceptors (Lipinski definition) is 5. The molecule has 0 spiro atoms. The van der Waals surface area contributed by atoms with Gasteiger partial charge in [-0.05, 0) is 53.6 Å². The van der Waals surface area contributed by atoms with E-state index in [2.05, 4.69) is 53.4 Å². The highest BCUT2D eigenvalue weighted by atomic mass is 35.5. The Kier molecular flexibility index (Phi) is 9.28. The van der Waals surface area contributed by atoms with Crippen molar-refractivity contribution in [2.45, 2.75) is 17.5 Å². The lowest BCUT2D eigenvalue weighted by Gasteiger charge is -2.40. The number of nitrogens with zero attached hydrogens (tertiary/aromatic N) is 3. The van der Waals surface area contributed by atoms with E-state index in [1.807, 2.05) is 17.0 Å². The van der Waals surface area contributed by atoms with Gasteiger partial charge in [0.2, 0.25) is 10.0 Å². The van der Waals surface area contributed by atoms with Crippen molar-refractivity contribution in [1.29, 1.82) is 0 Å². The minimum Gasteiger partial charge on any atom is -0.496 e. The predicted octanol–water partition coefficient (Wildman–Crippen LogP) is 5.72. The second kappa shape index (κ2) is 13.1. The number of rotatable bonds is 9. The largest absolute Gasteiger partial charge is 0.496 e. The molecule has 1 heterocycles. The van der Waals surface area contributed by atoms with E-state index in [1.165, 1.54) is 41.7 Å². The van der Waals surface area contributed by atoms with Gasteiger partial charge >= 0.3 is 0 Å². The van der Waals surface area contributed by atoms with Crippen LogP contribution in [0.4, 0.5) is 0 Å². The van der Waals surface area contributed by atoms with Crippen molar-refractivity contribution in [2.75, 3.05) is 40.3 Å². The van der Waals surface area contributed by atoms with Crippen LogP contribution in [-0.4, -0.2) is 68.8 Å². The number of carbonyl (C=O) groups excluding carboxylic acids is 1. The third-order valence-corrected chi connectivity index (χ3v) is 9.71. The fraction of sp³-hybridized carbons (Fsp3) is 0.242. The lowest BCUT2D eigenvalue weighted by Crippen LogP contribution is -2.49. The van der Waals surface area contributed by atoms with E-state index < -0.39 is 10.0 Å². The van der Waals surface area contributed by atoms with Crippen LogP contribution in [0.3, 0.4) is 0 Å². The molecule has 0 saturated carbocycles. The van der Waals surface area contributed by atoms with E-state index in [-0.39, 0.29) is 23.4 Å². The van der Waals surface area contributed by atoms with Crippen molar-refractivity contribution in [3.8, 4) is 5.75 Å². The van der Waals surface area contributed by atoms with Crippen LogP contribution in [0.2, 0.25) is 5.02 Å². The maximum absolute atomic E-state index is 13.6. The van der Waals surface area contributed by atoms with Gasteiger partial charge in [-0.2, -0.15) is 4.31 Å². The second-order valence-electron chi connectivity index (χ2n) is 10.3. The fourth-order valence-corrected chi connectivity index (χ4v) is 6.67. The van der Waals surface area contributed by atoms with Gasteiger partial charge in [-0.15, -0.1) is 0 Å². The summed E-state index contributed by atoms with van der Waals surface area (Å²) in [5.41, 5.74) is 3.55. The second-order valence-corrected chi connectivity index (χ2v) is 12.8. The summed E-state index contributed by atoms with van der Waals surface area (Å²) in [6, 6.07) is 32.2. The smallest absolute Gasteiger partial charge is 0.253 e. The molecule has 0 aliphatic carbocycles. The number of hydrogen-bond donors (Lipinski definition) is 0. The molecule has 1 amide bonds. The van der Waals surface area contributed by atoms with E-state index in [4.69, 9.17) is 16.3 Å². The van der Waals surface area contributed by atoms with Crippen molar-refractivity contribution in [2.24, 2.45) is 0 Å². The van der Waals surface area contributed by atoms with Crippen LogP contribution in [0.1, 0.15) is 33.1 Å². The van der Waals surface area contributed by atoms with Gasteiger partial charge in [-0.1, -0.05) is 72.3 Å². The zero-order valence-electron chi connectivity index (χ0n) is 23.7. The first-order valence-electron chi connectivity index (χ1n) is 13.8. The van der Waals surface area contributed by atoms with Gasteiger partial charge in [0, 0.05) is 55.9 Å². The Balaban J connectivity index is 1.31. The Hall–Kier alpha value is -3.69. The summed E-state index contributed by atoms with van der Waals surface area (Å²) in [6.07, 6.45) is 0. The molecule has 7 nitrogen and oxygen atoms in total. The quantitative estimate of drug-likeness (QED) is 0.245. The maximum atomic E-state index is 13.6. The minimum atomic E-state index is -3.77. The number of sulfonamides is 1.